The maximum absolute atomic E-state index is 6.22. The van der Waals surface area contributed by atoms with E-state index in [0.29, 0.717) is 5.82 Å². The summed E-state index contributed by atoms with van der Waals surface area (Å²) in [7, 11) is 0. The molecule has 23 heavy (non-hydrogen) atoms. The molecule has 2 aromatic heterocycles. The van der Waals surface area contributed by atoms with Gasteiger partial charge in [0.1, 0.15) is 10.8 Å². The van der Waals surface area contributed by atoms with Gasteiger partial charge >= 0.3 is 0 Å². The molecule has 0 radical (unpaired) electrons. The molecule has 2 heterocycles. The molecule has 0 unspecified atom stereocenters. The minimum absolute atomic E-state index is 0.666. The van der Waals surface area contributed by atoms with E-state index < -0.39 is 0 Å². The quantitative estimate of drug-likeness (QED) is 0.536. The molecule has 114 valence electrons. The van der Waals surface area contributed by atoms with Gasteiger partial charge in [0.15, 0.2) is 0 Å². The lowest BCUT2D eigenvalue weighted by molar-refractivity contribution is 1.38. The third kappa shape index (κ3) is 2.32. The third-order valence-corrected chi connectivity index (χ3v) is 5.14. The van der Waals surface area contributed by atoms with Crippen molar-refractivity contribution < 1.29 is 0 Å². The number of aryl methyl sites for hydroxylation is 2. The molecule has 0 atom stereocenters. The highest BCUT2D eigenvalue weighted by molar-refractivity contribution is 7.21. The Balaban J connectivity index is 1.94. The summed E-state index contributed by atoms with van der Waals surface area (Å²) < 4.78 is 1.18. The lowest BCUT2D eigenvalue weighted by Gasteiger charge is -2.07. The molecule has 0 aliphatic heterocycles. The van der Waals surface area contributed by atoms with Crippen molar-refractivity contribution in [1.29, 1.82) is 0 Å². The predicted molar refractivity (Wildman–Crippen MR) is 98.7 cm³/mol. The molecule has 4 aromatic rings. The zero-order valence-electron chi connectivity index (χ0n) is 13.1. The lowest BCUT2D eigenvalue weighted by Crippen LogP contribution is -1.89. The number of thiazole rings is 1. The van der Waals surface area contributed by atoms with E-state index in [1.54, 1.807) is 11.3 Å². The van der Waals surface area contributed by atoms with E-state index in [2.05, 4.69) is 43.1 Å². The summed E-state index contributed by atoms with van der Waals surface area (Å²) in [5.74, 6) is 0.666. The average Bonchev–Trinajstić information content (AvgIpc) is 3.10. The number of nitrogens with zero attached hydrogens (tertiary/aromatic N) is 1. The number of hydrogen-bond donors (Lipinski definition) is 2. The van der Waals surface area contributed by atoms with Crippen LogP contribution in [-0.4, -0.2) is 9.97 Å². The molecule has 4 heteroatoms. The number of H-pyrrole nitrogens is 1. The van der Waals surface area contributed by atoms with E-state index in [1.807, 2.05) is 24.4 Å². The van der Waals surface area contributed by atoms with E-state index in [1.165, 1.54) is 21.4 Å². The van der Waals surface area contributed by atoms with Crippen molar-refractivity contribution in [3.63, 3.8) is 0 Å². The van der Waals surface area contributed by atoms with Crippen LogP contribution in [0.1, 0.15) is 11.1 Å². The molecule has 0 spiro atoms. The second-order valence-electron chi connectivity index (χ2n) is 5.80. The Morgan fingerprint density at radius 1 is 1.04 bits per heavy atom. The number of rotatable bonds is 2. The van der Waals surface area contributed by atoms with Gasteiger partial charge in [0.05, 0.1) is 15.8 Å². The minimum Gasteiger partial charge on any atom is -0.385 e. The van der Waals surface area contributed by atoms with Crippen LogP contribution in [0.15, 0.2) is 48.7 Å². The molecule has 0 aliphatic rings. The van der Waals surface area contributed by atoms with E-state index in [9.17, 15) is 0 Å². The molecule has 0 amide bonds. The van der Waals surface area contributed by atoms with Crippen LogP contribution < -0.4 is 5.73 Å². The zero-order valence-corrected chi connectivity index (χ0v) is 13.9. The van der Waals surface area contributed by atoms with Crippen LogP contribution in [0.2, 0.25) is 0 Å². The smallest absolute Gasteiger partial charge is 0.128 e. The number of aromatic amines is 1. The molecule has 0 saturated heterocycles. The van der Waals surface area contributed by atoms with Gasteiger partial charge in [0.25, 0.3) is 0 Å². The van der Waals surface area contributed by atoms with Gasteiger partial charge in [-0.25, -0.2) is 4.98 Å². The minimum atomic E-state index is 0.666. The molecule has 0 bridgehead atoms. The van der Waals surface area contributed by atoms with Gasteiger partial charge in [0.2, 0.25) is 0 Å². The number of fused-ring (bicyclic) bond motifs is 1. The van der Waals surface area contributed by atoms with Crippen LogP contribution in [0.3, 0.4) is 0 Å². The summed E-state index contributed by atoms with van der Waals surface area (Å²) in [4.78, 5) is 7.93. The summed E-state index contributed by atoms with van der Waals surface area (Å²) in [6.45, 7) is 4.24. The number of nitrogens with one attached hydrogen (secondary N) is 1. The van der Waals surface area contributed by atoms with Crippen molar-refractivity contribution in [1.82, 2.24) is 9.97 Å². The van der Waals surface area contributed by atoms with Crippen molar-refractivity contribution in [3.8, 4) is 21.7 Å². The molecular formula is C19H17N3S. The monoisotopic (exact) mass is 319 g/mol. The Hall–Kier alpha value is -2.59. The summed E-state index contributed by atoms with van der Waals surface area (Å²) in [5, 5.41) is 0.958. The number of nitrogen functional groups attached to an aromatic ring is 1. The maximum atomic E-state index is 6.22. The van der Waals surface area contributed by atoms with Crippen LogP contribution in [-0.2, 0) is 0 Å². The fraction of sp³-hybridized carbons (Fsp3) is 0.105. The van der Waals surface area contributed by atoms with Gasteiger partial charge in [-0.2, -0.15) is 0 Å². The molecule has 4 rings (SSSR count). The summed E-state index contributed by atoms with van der Waals surface area (Å²) in [5.41, 5.74) is 13.0. The first kappa shape index (κ1) is 14.0. The van der Waals surface area contributed by atoms with Crippen molar-refractivity contribution in [2.75, 3.05) is 5.73 Å². The first-order chi connectivity index (χ1) is 11.1. The number of benzene rings is 2. The number of hydrogen-bond acceptors (Lipinski definition) is 3. The maximum Gasteiger partial charge on any atom is 0.128 e. The van der Waals surface area contributed by atoms with Crippen LogP contribution in [0.25, 0.3) is 31.9 Å². The van der Waals surface area contributed by atoms with E-state index >= 15 is 0 Å². The fourth-order valence-corrected chi connectivity index (χ4v) is 4.02. The topological polar surface area (TPSA) is 54.7 Å². The van der Waals surface area contributed by atoms with Crippen molar-refractivity contribution in [2.45, 2.75) is 13.8 Å². The second kappa shape index (κ2) is 5.25. The highest BCUT2D eigenvalue weighted by Gasteiger charge is 2.18. The fourth-order valence-electron chi connectivity index (χ4n) is 2.98. The Labute approximate surface area is 138 Å². The van der Waals surface area contributed by atoms with E-state index in [4.69, 9.17) is 10.7 Å². The number of anilines is 1. The Morgan fingerprint density at radius 3 is 2.65 bits per heavy atom. The van der Waals surface area contributed by atoms with Crippen LogP contribution >= 0.6 is 11.3 Å². The van der Waals surface area contributed by atoms with Crippen LogP contribution in [0.5, 0.6) is 0 Å². The van der Waals surface area contributed by atoms with Gasteiger partial charge in [-0.1, -0.05) is 35.9 Å². The van der Waals surface area contributed by atoms with Gasteiger partial charge in [-0.3, -0.25) is 0 Å². The van der Waals surface area contributed by atoms with Gasteiger partial charge in [-0.15, -0.1) is 11.3 Å². The predicted octanol–water partition coefficient (Wildman–Crippen LogP) is 5.16. The molecular weight excluding hydrogens is 302 g/mol. The van der Waals surface area contributed by atoms with E-state index in [-0.39, 0.29) is 0 Å². The Kier molecular flexibility index (Phi) is 3.20. The summed E-state index contributed by atoms with van der Waals surface area (Å²) in [6.07, 6.45) is 1.98. The summed E-state index contributed by atoms with van der Waals surface area (Å²) in [6, 6.07) is 14.7. The molecule has 0 saturated carbocycles. The largest absolute Gasteiger partial charge is 0.385 e. The molecule has 3 nitrogen and oxygen atoms in total. The van der Waals surface area contributed by atoms with Gasteiger partial charge in [0, 0.05) is 11.8 Å². The number of aromatic nitrogens is 2. The Bertz CT molecular complexity index is 978. The van der Waals surface area contributed by atoms with Crippen LogP contribution in [0.4, 0.5) is 5.82 Å². The van der Waals surface area contributed by atoms with Gasteiger partial charge < -0.3 is 10.7 Å². The average molecular weight is 319 g/mol. The standard InChI is InChI=1S/C19H17N3S/c1-11-7-8-13(12(2)9-11)14-10-21-18(20)17(14)19-22-15-5-3-4-6-16(15)23-19/h3-10,21H,20H2,1-2H3. The molecule has 0 aliphatic carbocycles. The second-order valence-corrected chi connectivity index (χ2v) is 6.83. The Morgan fingerprint density at radius 2 is 1.87 bits per heavy atom. The van der Waals surface area contributed by atoms with Gasteiger partial charge in [-0.05, 0) is 37.1 Å². The first-order valence-electron chi connectivity index (χ1n) is 7.54. The van der Waals surface area contributed by atoms with Crippen molar-refractivity contribution in [2.24, 2.45) is 0 Å². The molecule has 2 aromatic carbocycles. The molecule has 0 fully saturated rings. The van der Waals surface area contributed by atoms with Crippen LogP contribution in [0, 0.1) is 13.8 Å². The highest BCUT2D eigenvalue weighted by atomic mass is 32.1. The highest BCUT2D eigenvalue weighted by Crippen LogP contribution is 2.41. The normalized spacial score (nSPS) is 11.2. The SMILES string of the molecule is Cc1ccc(-c2c[nH]c(N)c2-c2nc3ccccc3s2)c(C)c1. The summed E-state index contributed by atoms with van der Waals surface area (Å²) >= 11 is 1.68. The zero-order chi connectivity index (χ0) is 16.0. The number of nitrogens with two attached hydrogens (primary N) is 1. The van der Waals surface area contributed by atoms with E-state index in [0.717, 1.165) is 21.7 Å². The lowest BCUT2D eigenvalue weighted by atomic mass is 9.98. The van der Waals surface area contributed by atoms with Crippen molar-refractivity contribution >= 4 is 27.4 Å². The first-order valence-corrected chi connectivity index (χ1v) is 8.35. The van der Waals surface area contributed by atoms with Crippen molar-refractivity contribution in [3.05, 3.63) is 59.8 Å². The number of para-hydroxylation sites is 1. The third-order valence-electron chi connectivity index (χ3n) is 4.09. The molecule has 3 N–H and O–H groups in total.